The lowest BCUT2D eigenvalue weighted by Gasteiger charge is -2.22. The van der Waals surface area contributed by atoms with Gasteiger partial charge < -0.3 is 9.84 Å². The highest BCUT2D eigenvalue weighted by molar-refractivity contribution is 7.80. The SMILES string of the molecule is CCCC(CC(OC(=O)CC)C(=O)O)C(=S)c1ccccc1. The van der Waals surface area contributed by atoms with E-state index in [1.165, 1.54) is 0 Å². The highest BCUT2D eigenvalue weighted by atomic mass is 32.1. The molecule has 0 aliphatic heterocycles. The summed E-state index contributed by atoms with van der Waals surface area (Å²) in [7, 11) is 0. The predicted octanol–water partition coefficient (Wildman–Crippen LogP) is 3.62. The number of carboxylic acids is 1. The minimum Gasteiger partial charge on any atom is -0.479 e. The molecule has 1 aromatic rings. The van der Waals surface area contributed by atoms with E-state index in [-0.39, 0.29) is 18.8 Å². The van der Waals surface area contributed by atoms with Gasteiger partial charge in [-0.2, -0.15) is 0 Å². The lowest BCUT2D eigenvalue weighted by atomic mass is 9.89. The van der Waals surface area contributed by atoms with Gasteiger partial charge in [-0.05, 0) is 17.9 Å². The Hall–Kier alpha value is -1.75. The Labute approximate surface area is 136 Å². The minimum absolute atomic E-state index is 0.104. The molecule has 22 heavy (non-hydrogen) atoms. The second kappa shape index (κ2) is 9.30. The van der Waals surface area contributed by atoms with Gasteiger partial charge in [0.1, 0.15) is 0 Å². The van der Waals surface area contributed by atoms with Crippen LogP contribution in [0.3, 0.4) is 0 Å². The summed E-state index contributed by atoms with van der Waals surface area (Å²) in [6.45, 7) is 3.66. The minimum atomic E-state index is -1.15. The van der Waals surface area contributed by atoms with Crippen molar-refractivity contribution in [2.75, 3.05) is 0 Å². The first-order valence-electron chi connectivity index (χ1n) is 7.51. The van der Waals surface area contributed by atoms with Crippen LogP contribution in [0.25, 0.3) is 0 Å². The Kier molecular flexibility index (Phi) is 7.74. The maximum atomic E-state index is 11.4. The number of carboxylic acid groups (broad SMARTS) is 1. The average Bonchev–Trinajstić information content (AvgIpc) is 2.53. The van der Waals surface area contributed by atoms with Crippen molar-refractivity contribution in [1.29, 1.82) is 0 Å². The summed E-state index contributed by atoms with van der Waals surface area (Å²) in [5, 5.41) is 9.27. The lowest BCUT2D eigenvalue weighted by molar-refractivity contribution is -0.164. The van der Waals surface area contributed by atoms with E-state index in [4.69, 9.17) is 17.0 Å². The van der Waals surface area contributed by atoms with Crippen molar-refractivity contribution in [3.63, 3.8) is 0 Å². The molecule has 0 spiro atoms. The third-order valence-electron chi connectivity index (χ3n) is 3.40. The van der Waals surface area contributed by atoms with Crippen LogP contribution in [-0.2, 0) is 14.3 Å². The molecule has 0 aromatic heterocycles. The topological polar surface area (TPSA) is 63.6 Å². The summed E-state index contributed by atoms with van der Waals surface area (Å²) in [6, 6.07) is 9.54. The highest BCUT2D eigenvalue weighted by Crippen LogP contribution is 2.22. The van der Waals surface area contributed by atoms with Crippen molar-refractivity contribution < 1.29 is 19.4 Å². The van der Waals surface area contributed by atoms with Gasteiger partial charge in [0, 0.05) is 17.7 Å². The molecule has 5 heteroatoms. The molecule has 0 aliphatic carbocycles. The van der Waals surface area contributed by atoms with Gasteiger partial charge in [-0.1, -0.05) is 62.8 Å². The van der Waals surface area contributed by atoms with Crippen molar-refractivity contribution in [1.82, 2.24) is 0 Å². The van der Waals surface area contributed by atoms with Crippen LogP contribution in [0.1, 0.15) is 45.1 Å². The van der Waals surface area contributed by atoms with Crippen molar-refractivity contribution in [3.8, 4) is 0 Å². The van der Waals surface area contributed by atoms with Crippen molar-refractivity contribution >= 4 is 29.0 Å². The lowest BCUT2D eigenvalue weighted by Crippen LogP contribution is -2.31. The van der Waals surface area contributed by atoms with Crippen LogP contribution in [-0.4, -0.2) is 28.0 Å². The van der Waals surface area contributed by atoms with Gasteiger partial charge in [-0.3, -0.25) is 4.79 Å². The molecule has 0 bridgehead atoms. The first kappa shape index (κ1) is 18.3. The van der Waals surface area contributed by atoms with E-state index in [1.54, 1.807) is 6.92 Å². The van der Waals surface area contributed by atoms with Crippen LogP contribution >= 0.6 is 12.2 Å². The first-order chi connectivity index (χ1) is 10.5. The van der Waals surface area contributed by atoms with Crippen LogP contribution < -0.4 is 0 Å². The molecule has 0 fully saturated rings. The molecule has 0 aliphatic rings. The number of hydrogen-bond acceptors (Lipinski definition) is 4. The fourth-order valence-corrected chi connectivity index (χ4v) is 2.59. The molecular weight excluding hydrogens is 300 g/mol. The van der Waals surface area contributed by atoms with Gasteiger partial charge in [-0.25, -0.2) is 4.79 Å². The number of rotatable bonds is 9. The van der Waals surface area contributed by atoms with E-state index < -0.39 is 18.0 Å². The fourth-order valence-electron chi connectivity index (χ4n) is 2.24. The van der Waals surface area contributed by atoms with Gasteiger partial charge in [0.05, 0.1) is 0 Å². The number of aliphatic carboxylic acids is 1. The Morgan fingerprint density at radius 2 is 1.86 bits per heavy atom. The monoisotopic (exact) mass is 322 g/mol. The van der Waals surface area contributed by atoms with E-state index in [2.05, 4.69) is 0 Å². The molecule has 0 heterocycles. The molecule has 1 rings (SSSR count). The summed E-state index contributed by atoms with van der Waals surface area (Å²) >= 11 is 5.52. The molecule has 2 unspecified atom stereocenters. The zero-order valence-corrected chi connectivity index (χ0v) is 13.8. The molecular formula is C17H22O4S. The molecule has 1 aromatic carbocycles. The number of ether oxygens (including phenoxy) is 1. The summed E-state index contributed by atoms with van der Waals surface area (Å²) in [6.07, 6.45) is 0.867. The molecule has 0 amide bonds. The third kappa shape index (κ3) is 5.56. The van der Waals surface area contributed by atoms with E-state index in [0.29, 0.717) is 0 Å². The van der Waals surface area contributed by atoms with Crippen molar-refractivity contribution in [2.24, 2.45) is 5.92 Å². The maximum Gasteiger partial charge on any atom is 0.345 e. The predicted molar refractivity (Wildman–Crippen MR) is 89.0 cm³/mol. The van der Waals surface area contributed by atoms with Gasteiger partial charge in [-0.15, -0.1) is 0 Å². The van der Waals surface area contributed by atoms with E-state index in [0.717, 1.165) is 23.3 Å². The summed E-state index contributed by atoms with van der Waals surface area (Å²) < 4.78 is 5.03. The Balaban J connectivity index is 2.87. The largest absolute Gasteiger partial charge is 0.479 e. The van der Waals surface area contributed by atoms with E-state index >= 15 is 0 Å². The smallest absolute Gasteiger partial charge is 0.345 e. The number of carbonyl (C=O) groups is 2. The zero-order chi connectivity index (χ0) is 16.5. The number of thiocarbonyl (C=S) groups is 1. The van der Waals surface area contributed by atoms with Gasteiger partial charge in [0.25, 0.3) is 0 Å². The maximum absolute atomic E-state index is 11.4. The zero-order valence-electron chi connectivity index (χ0n) is 13.0. The molecule has 1 N–H and O–H groups in total. The highest BCUT2D eigenvalue weighted by Gasteiger charge is 2.28. The standard InChI is InChI=1S/C17H22O4S/c1-3-8-13(16(22)12-9-6-5-7-10-12)11-14(17(19)20)21-15(18)4-2/h5-7,9-10,13-14H,3-4,8,11H2,1-2H3,(H,19,20). The molecule has 0 saturated heterocycles. The second-order valence-electron chi connectivity index (χ2n) is 5.12. The van der Waals surface area contributed by atoms with Crippen LogP contribution in [0.15, 0.2) is 30.3 Å². The van der Waals surface area contributed by atoms with Crippen LogP contribution in [0.5, 0.6) is 0 Å². The molecule has 0 radical (unpaired) electrons. The van der Waals surface area contributed by atoms with E-state index in [1.807, 2.05) is 37.3 Å². The van der Waals surface area contributed by atoms with Crippen LogP contribution in [0, 0.1) is 5.92 Å². The second-order valence-corrected chi connectivity index (χ2v) is 5.56. The molecule has 120 valence electrons. The summed E-state index contributed by atoms with van der Waals surface area (Å²) in [5.41, 5.74) is 0.918. The van der Waals surface area contributed by atoms with E-state index in [9.17, 15) is 14.7 Å². The Bertz CT molecular complexity index is 513. The Morgan fingerprint density at radius 3 is 2.36 bits per heavy atom. The molecule has 4 nitrogen and oxygen atoms in total. The Morgan fingerprint density at radius 1 is 1.23 bits per heavy atom. The average molecular weight is 322 g/mol. The summed E-state index contributed by atoms with van der Waals surface area (Å²) in [4.78, 5) is 23.4. The first-order valence-corrected chi connectivity index (χ1v) is 7.91. The number of carbonyl (C=O) groups excluding carboxylic acids is 1. The number of benzene rings is 1. The number of esters is 1. The van der Waals surface area contributed by atoms with Crippen LogP contribution in [0.2, 0.25) is 0 Å². The van der Waals surface area contributed by atoms with Gasteiger partial charge >= 0.3 is 11.9 Å². The molecule has 0 saturated carbocycles. The fraction of sp³-hybridized carbons (Fsp3) is 0.471. The quantitative estimate of drug-likeness (QED) is 0.427. The van der Waals surface area contributed by atoms with Crippen molar-refractivity contribution in [3.05, 3.63) is 35.9 Å². The van der Waals surface area contributed by atoms with Gasteiger partial charge in [0.15, 0.2) is 6.10 Å². The normalized spacial score (nSPS) is 13.2. The van der Waals surface area contributed by atoms with Gasteiger partial charge in [0.2, 0.25) is 0 Å². The number of hydrogen-bond donors (Lipinski definition) is 1. The summed E-state index contributed by atoms with van der Waals surface area (Å²) in [5.74, 6) is -1.74. The third-order valence-corrected chi connectivity index (χ3v) is 3.97. The van der Waals surface area contributed by atoms with Crippen LogP contribution in [0.4, 0.5) is 0 Å². The van der Waals surface area contributed by atoms with Crippen molar-refractivity contribution in [2.45, 2.75) is 45.6 Å². The molecule has 2 atom stereocenters.